The van der Waals surface area contributed by atoms with E-state index in [0.29, 0.717) is 13.1 Å². The highest BCUT2D eigenvalue weighted by Gasteiger charge is 2.21. The van der Waals surface area contributed by atoms with Gasteiger partial charge < -0.3 is 10.6 Å². The largest absolute Gasteiger partial charge is 0.324 e. The molecule has 0 spiro atoms. The van der Waals surface area contributed by atoms with Crippen molar-refractivity contribution in [2.45, 2.75) is 20.8 Å². The van der Waals surface area contributed by atoms with Crippen molar-refractivity contribution in [1.82, 2.24) is 9.80 Å². The lowest BCUT2D eigenvalue weighted by atomic mass is 10.1. The minimum absolute atomic E-state index is 0.00261. The molecular formula is C23H29BrN4O2. The van der Waals surface area contributed by atoms with Gasteiger partial charge in [-0.2, -0.15) is 0 Å². The maximum Gasteiger partial charge on any atom is 0.238 e. The number of anilines is 2. The summed E-state index contributed by atoms with van der Waals surface area (Å²) in [7, 11) is 0. The minimum atomic E-state index is -0.0271. The Bertz CT molecular complexity index is 903. The molecule has 1 heterocycles. The third-order valence-corrected chi connectivity index (χ3v) is 6.00. The van der Waals surface area contributed by atoms with Crippen molar-refractivity contribution in [2.75, 3.05) is 49.9 Å². The zero-order valence-electron chi connectivity index (χ0n) is 17.8. The number of nitrogens with zero attached hydrogens (tertiary/aromatic N) is 2. The van der Waals surface area contributed by atoms with Gasteiger partial charge in [-0.05, 0) is 65.5 Å². The summed E-state index contributed by atoms with van der Waals surface area (Å²) >= 11 is 3.49. The highest BCUT2D eigenvalue weighted by molar-refractivity contribution is 9.10. The summed E-state index contributed by atoms with van der Waals surface area (Å²) in [6.07, 6.45) is 0. The fourth-order valence-corrected chi connectivity index (χ4v) is 4.21. The van der Waals surface area contributed by atoms with Crippen molar-refractivity contribution in [3.05, 3.63) is 57.6 Å². The standard InChI is InChI=1S/C23H29BrN4O2/c1-16-7-8-20(19(24)13-16)25-21(29)14-27-9-11-28(12-10-27)15-22(30)26-23-17(2)5-4-6-18(23)3/h4-8,13H,9-12,14-15H2,1-3H3,(H,25,29)(H,26,30). The van der Waals surface area contributed by atoms with Crippen LogP contribution in [0.25, 0.3) is 0 Å². The number of benzene rings is 2. The third-order valence-electron chi connectivity index (χ3n) is 5.34. The lowest BCUT2D eigenvalue weighted by Gasteiger charge is -2.33. The molecular weight excluding hydrogens is 444 g/mol. The fraction of sp³-hybridized carbons (Fsp3) is 0.391. The predicted octanol–water partition coefficient (Wildman–Crippen LogP) is 3.57. The smallest absolute Gasteiger partial charge is 0.238 e. The number of para-hydroxylation sites is 1. The maximum absolute atomic E-state index is 12.5. The monoisotopic (exact) mass is 472 g/mol. The summed E-state index contributed by atoms with van der Waals surface area (Å²) < 4.78 is 0.885. The molecule has 0 aromatic heterocycles. The molecule has 7 heteroatoms. The zero-order valence-corrected chi connectivity index (χ0v) is 19.4. The van der Waals surface area contributed by atoms with Crippen LogP contribution in [0.3, 0.4) is 0 Å². The summed E-state index contributed by atoms with van der Waals surface area (Å²) in [5.41, 5.74) is 4.96. The Morgan fingerprint density at radius 3 is 1.93 bits per heavy atom. The summed E-state index contributed by atoms with van der Waals surface area (Å²) in [6, 6.07) is 11.9. The Morgan fingerprint density at radius 2 is 1.40 bits per heavy atom. The molecule has 160 valence electrons. The fourth-order valence-electron chi connectivity index (χ4n) is 3.61. The normalized spacial score (nSPS) is 15.1. The molecule has 2 N–H and O–H groups in total. The van der Waals surface area contributed by atoms with Crippen LogP contribution in [0.2, 0.25) is 0 Å². The number of hydrogen-bond acceptors (Lipinski definition) is 4. The molecule has 0 bridgehead atoms. The molecule has 1 saturated heterocycles. The molecule has 1 aliphatic rings. The van der Waals surface area contributed by atoms with Crippen molar-refractivity contribution in [2.24, 2.45) is 0 Å². The molecule has 1 fully saturated rings. The molecule has 6 nitrogen and oxygen atoms in total. The van der Waals surface area contributed by atoms with Crippen LogP contribution in [-0.4, -0.2) is 60.9 Å². The number of carbonyl (C=O) groups excluding carboxylic acids is 2. The van der Waals surface area contributed by atoms with E-state index in [9.17, 15) is 9.59 Å². The Morgan fingerprint density at radius 1 is 0.867 bits per heavy atom. The molecule has 0 radical (unpaired) electrons. The number of carbonyl (C=O) groups is 2. The van der Waals surface area contributed by atoms with E-state index >= 15 is 0 Å². The zero-order chi connectivity index (χ0) is 21.7. The van der Waals surface area contributed by atoms with Gasteiger partial charge in [0.25, 0.3) is 0 Å². The number of hydrogen-bond donors (Lipinski definition) is 2. The third kappa shape index (κ3) is 6.14. The Balaban J connectivity index is 1.43. The molecule has 2 amide bonds. The molecule has 2 aromatic carbocycles. The molecule has 2 aromatic rings. The molecule has 1 aliphatic heterocycles. The van der Waals surface area contributed by atoms with Crippen LogP contribution >= 0.6 is 15.9 Å². The number of nitrogens with one attached hydrogen (secondary N) is 2. The summed E-state index contributed by atoms with van der Waals surface area (Å²) in [6.45, 7) is 9.79. The van der Waals surface area contributed by atoms with Gasteiger partial charge in [0.2, 0.25) is 11.8 Å². The lowest BCUT2D eigenvalue weighted by molar-refractivity contribution is -0.120. The van der Waals surface area contributed by atoms with Gasteiger partial charge >= 0.3 is 0 Å². The number of rotatable bonds is 6. The highest BCUT2D eigenvalue weighted by Crippen LogP contribution is 2.23. The van der Waals surface area contributed by atoms with Gasteiger partial charge in [-0.25, -0.2) is 0 Å². The first kappa shape index (κ1) is 22.5. The van der Waals surface area contributed by atoms with Crippen molar-refractivity contribution in [3.8, 4) is 0 Å². The van der Waals surface area contributed by atoms with E-state index in [-0.39, 0.29) is 11.8 Å². The quantitative estimate of drug-likeness (QED) is 0.674. The summed E-state index contributed by atoms with van der Waals surface area (Å²) in [4.78, 5) is 29.1. The molecule has 0 saturated carbocycles. The van der Waals surface area contributed by atoms with E-state index in [4.69, 9.17) is 0 Å². The van der Waals surface area contributed by atoms with Crippen LogP contribution in [0.5, 0.6) is 0 Å². The first-order valence-corrected chi connectivity index (χ1v) is 11.0. The van der Waals surface area contributed by atoms with Gasteiger partial charge in [-0.15, -0.1) is 0 Å². The first-order valence-electron chi connectivity index (χ1n) is 10.2. The van der Waals surface area contributed by atoms with Crippen LogP contribution in [0.15, 0.2) is 40.9 Å². The van der Waals surface area contributed by atoms with Crippen LogP contribution in [-0.2, 0) is 9.59 Å². The first-order chi connectivity index (χ1) is 14.3. The average Bonchev–Trinajstić information content (AvgIpc) is 2.69. The van der Waals surface area contributed by atoms with Gasteiger partial charge in [-0.3, -0.25) is 19.4 Å². The summed E-state index contributed by atoms with van der Waals surface area (Å²) in [5.74, 6) is -0.0245. The van der Waals surface area contributed by atoms with Crippen molar-refractivity contribution in [1.29, 1.82) is 0 Å². The Hall–Kier alpha value is -2.22. The van der Waals surface area contributed by atoms with E-state index in [0.717, 1.165) is 58.7 Å². The van der Waals surface area contributed by atoms with Crippen LogP contribution < -0.4 is 10.6 Å². The van der Waals surface area contributed by atoms with E-state index in [2.05, 4.69) is 36.4 Å². The van der Waals surface area contributed by atoms with Crippen molar-refractivity contribution >= 4 is 39.1 Å². The average molecular weight is 473 g/mol. The number of aryl methyl sites for hydroxylation is 3. The molecule has 0 atom stereocenters. The van der Waals surface area contributed by atoms with Crippen LogP contribution in [0, 0.1) is 20.8 Å². The number of amides is 2. The van der Waals surface area contributed by atoms with Crippen LogP contribution in [0.1, 0.15) is 16.7 Å². The van der Waals surface area contributed by atoms with E-state index < -0.39 is 0 Å². The van der Waals surface area contributed by atoms with Crippen molar-refractivity contribution < 1.29 is 9.59 Å². The Kier molecular flexibility index (Phi) is 7.64. The van der Waals surface area contributed by atoms with Gasteiger partial charge in [0.15, 0.2) is 0 Å². The van der Waals surface area contributed by atoms with Gasteiger partial charge in [0.05, 0.1) is 18.8 Å². The van der Waals surface area contributed by atoms with E-state index in [1.54, 1.807) is 0 Å². The number of piperazine rings is 1. The van der Waals surface area contributed by atoms with Gasteiger partial charge in [0, 0.05) is 36.3 Å². The van der Waals surface area contributed by atoms with Crippen LogP contribution in [0.4, 0.5) is 11.4 Å². The molecule has 0 aliphatic carbocycles. The number of halogens is 1. The molecule has 0 unspecified atom stereocenters. The second kappa shape index (κ2) is 10.2. The topological polar surface area (TPSA) is 64.7 Å². The molecule has 3 rings (SSSR count). The van der Waals surface area contributed by atoms with Crippen molar-refractivity contribution in [3.63, 3.8) is 0 Å². The summed E-state index contributed by atoms with van der Waals surface area (Å²) in [5, 5.41) is 6.00. The maximum atomic E-state index is 12.5. The minimum Gasteiger partial charge on any atom is -0.324 e. The predicted molar refractivity (Wildman–Crippen MR) is 125 cm³/mol. The SMILES string of the molecule is Cc1ccc(NC(=O)CN2CCN(CC(=O)Nc3c(C)cccc3C)CC2)c(Br)c1. The second-order valence-electron chi connectivity index (χ2n) is 7.90. The highest BCUT2D eigenvalue weighted by atomic mass is 79.9. The van der Waals surface area contributed by atoms with Gasteiger partial charge in [0.1, 0.15) is 0 Å². The van der Waals surface area contributed by atoms with Gasteiger partial charge in [-0.1, -0.05) is 24.3 Å². The van der Waals surface area contributed by atoms with E-state index in [1.807, 2.05) is 57.2 Å². The lowest BCUT2D eigenvalue weighted by Crippen LogP contribution is -2.50. The molecule has 30 heavy (non-hydrogen) atoms. The Labute approximate surface area is 186 Å². The second-order valence-corrected chi connectivity index (χ2v) is 8.75. The van der Waals surface area contributed by atoms with E-state index in [1.165, 1.54) is 0 Å².